The number of carbonyl (C=O) groups is 1. The SMILES string of the molecule is CCC(C)CCOC(=O)Nc1ccc(S(N)(=O)=O)cc1. The Labute approximate surface area is 119 Å². The van der Waals surface area contributed by atoms with Crippen LogP contribution in [0.5, 0.6) is 0 Å². The molecule has 20 heavy (non-hydrogen) atoms. The van der Waals surface area contributed by atoms with Crippen LogP contribution >= 0.6 is 0 Å². The van der Waals surface area contributed by atoms with E-state index in [1.165, 1.54) is 24.3 Å². The highest BCUT2D eigenvalue weighted by atomic mass is 32.2. The van der Waals surface area contributed by atoms with E-state index in [9.17, 15) is 13.2 Å². The first kappa shape index (κ1) is 16.5. The standard InChI is InChI=1S/C13H20N2O4S/c1-3-10(2)8-9-19-13(16)15-11-4-6-12(7-5-11)20(14,17)18/h4-7,10H,3,8-9H2,1-2H3,(H,15,16)(H2,14,17,18). The van der Waals surface area contributed by atoms with E-state index in [0.717, 1.165) is 12.8 Å². The van der Waals surface area contributed by atoms with E-state index in [4.69, 9.17) is 9.88 Å². The zero-order valence-electron chi connectivity index (χ0n) is 11.6. The molecule has 0 aliphatic carbocycles. The van der Waals surface area contributed by atoms with Crippen LogP contribution in [0, 0.1) is 5.92 Å². The summed E-state index contributed by atoms with van der Waals surface area (Å²) in [5.41, 5.74) is 0.450. The molecule has 0 saturated heterocycles. The van der Waals surface area contributed by atoms with Crippen LogP contribution in [0.3, 0.4) is 0 Å². The van der Waals surface area contributed by atoms with Gasteiger partial charge >= 0.3 is 6.09 Å². The van der Waals surface area contributed by atoms with E-state index < -0.39 is 16.1 Å². The van der Waals surface area contributed by atoms with Crippen LogP contribution in [0.25, 0.3) is 0 Å². The molecule has 0 heterocycles. The van der Waals surface area contributed by atoms with Crippen LogP contribution in [0.1, 0.15) is 26.7 Å². The second-order valence-electron chi connectivity index (χ2n) is 4.63. The van der Waals surface area contributed by atoms with Crippen LogP contribution in [0.15, 0.2) is 29.2 Å². The summed E-state index contributed by atoms with van der Waals surface area (Å²) in [6.45, 7) is 4.53. The van der Waals surface area contributed by atoms with Gasteiger partial charge in [-0.05, 0) is 36.6 Å². The third-order valence-corrected chi connectivity index (χ3v) is 3.90. The van der Waals surface area contributed by atoms with E-state index in [1.807, 2.05) is 0 Å². The lowest BCUT2D eigenvalue weighted by molar-refractivity contribution is 0.154. The quantitative estimate of drug-likeness (QED) is 0.842. The summed E-state index contributed by atoms with van der Waals surface area (Å²) in [5, 5.41) is 7.49. The molecule has 6 nitrogen and oxygen atoms in total. The van der Waals surface area contributed by atoms with Gasteiger partial charge in [0.1, 0.15) is 0 Å². The Kier molecular flexibility index (Phi) is 5.97. The number of hydrogen-bond donors (Lipinski definition) is 2. The first-order valence-corrected chi connectivity index (χ1v) is 7.94. The molecule has 3 N–H and O–H groups in total. The van der Waals surface area contributed by atoms with Gasteiger partial charge in [-0.3, -0.25) is 5.32 Å². The molecule has 1 amide bonds. The maximum Gasteiger partial charge on any atom is 0.411 e. The fraction of sp³-hybridized carbons (Fsp3) is 0.462. The van der Waals surface area contributed by atoms with Gasteiger partial charge in [0.05, 0.1) is 11.5 Å². The average molecular weight is 300 g/mol. The molecule has 0 bridgehead atoms. The number of primary sulfonamides is 1. The van der Waals surface area contributed by atoms with E-state index in [0.29, 0.717) is 18.2 Å². The number of rotatable bonds is 6. The third kappa shape index (κ3) is 5.58. The van der Waals surface area contributed by atoms with E-state index in [-0.39, 0.29) is 4.90 Å². The van der Waals surface area contributed by atoms with Crippen molar-refractivity contribution in [1.82, 2.24) is 0 Å². The van der Waals surface area contributed by atoms with E-state index in [1.54, 1.807) is 0 Å². The number of nitrogens with two attached hydrogens (primary N) is 1. The van der Waals surface area contributed by atoms with Gasteiger partial charge in [0, 0.05) is 5.69 Å². The van der Waals surface area contributed by atoms with E-state index >= 15 is 0 Å². The molecular formula is C13H20N2O4S. The number of hydrogen-bond acceptors (Lipinski definition) is 4. The highest BCUT2D eigenvalue weighted by Crippen LogP contribution is 2.13. The Morgan fingerprint density at radius 2 is 1.95 bits per heavy atom. The van der Waals surface area contributed by atoms with Crippen molar-refractivity contribution in [2.24, 2.45) is 11.1 Å². The van der Waals surface area contributed by atoms with Crippen molar-refractivity contribution in [3.05, 3.63) is 24.3 Å². The van der Waals surface area contributed by atoms with Crippen LogP contribution in [-0.4, -0.2) is 21.1 Å². The van der Waals surface area contributed by atoms with Gasteiger partial charge in [-0.25, -0.2) is 18.4 Å². The van der Waals surface area contributed by atoms with E-state index in [2.05, 4.69) is 19.2 Å². The number of ether oxygens (including phenoxy) is 1. The second kappa shape index (κ2) is 7.25. The average Bonchev–Trinajstić information content (AvgIpc) is 2.38. The minimum Gasteiger partial charge on any atom is -0.449 e. The summed E-state index contributed by atoms with van der Waals surface area (Å²) in [6.07, 6.45) is 1.30. The second-order valence-corrected chi connectivity index (χ2v) is 6.19. The first-order chi connectivity index (χ1) is 9.32. The van der Waals surface area contributed by atoms with Crippen LogP contribution in [0.4, 0.5) is 10.5 Å². The molecule has 0 fully saturated rings. The summed E-state index contributed by atoms with van der Waals surface area (Å²) in [7, 11) is -3.72. The van der Waals surface area contributed by atoms with Crippen molar-refractivity contribution in [2.75, 3.05) is 11.9 Å². The highest BCUT2D eigenvalue weighted by molar-refractivity contribution is 7.89. The van der Waals surface area contributed by atoms with Crippen molar-refractivity contribution >= 4 is 21.8 Å². The van der Waals surface area contributed by atoms with Gasteiger partial charge in [0.2, 0.25) is 10.0 Å². The fourth-order valence-electron chi connectivity index (χ4n) is 1.44. The number of amides is 1. The normalized spacial score (nSPS) is 12.8. The van der Waals surface area contributed by atoms with Crippen molar-refractivity contribution in [3.63, 3.8) is 0 Å². The molecule has 1 aromatic carbocycles. The van der Waals surface area contributed by atoms with Crippen molar-refractivity contribution in [3.8, 4) is 0 Å². The molecule has 1 aromatic rings. The zero-order valence-corrected chi connectivity index (χ0v) is 12.4. The zero-order chi connectivity index (χ0) is 15.2. The fourth-order valence-corrected chi connectivity index (χ4v) is 1.95. The molecule has 1 unspecified atom stereocenters. The van der Waals surface area contributed by atoms with Gasteiger partial charge < -0.3 is 4.74 Å². The minimum atomic E-state index is -3.72. The molecule has 0 radical (unpaired) electrons. The minimum absolute atomic E-state index is 0.00631. The first-order valence-electron chi connectivity index (χ1n) is 6.39. The third-order valence-electron chi connectivity index (χ3n) is 2.97. The van der Waals surface area contributed by atoms with Crippen molar-refractivity contribution in [2.45, 2.75) is 31.6 Å². The Morgan fingerprint density at radius 3 is 2.45 bits per heavy atom. The Balaban J connectivity index is 2.47. The summed E-state index contributed by atoms with van der Waals surface area (Å²) >= 11 is 0. The lowest BCUT2D eigenvalue weighted by Gasteiger charge is -2.10. The number of carbonyl (C=O) groups excluding carboxylic acids is 1. The number of nitrogens with one attached hydrogen (secondary N) is 1. The van der Waals surface area contributed by atoms with Gasteiger partial charge in [-0.2, -0.15) is 0 Å². The van der Waals surface area contributed by atoms with Gasteiger partial charge in [-0.1, -0.05) is 20.3 Å². The maximum absolute atomic E-state index is 11.5. The smallest absolute Gasteiger partial charge is 0.411 e. The molecule has 0 aromatic heterocycles. The summed E-state index contributed by atoms with van der Waals surface area (Å²) in [4.78, 5) is 11.5. The topological polar surface area (TPSA) is 98.5 Å². The lowest BCUT2D eigenvalue weighted by atomic mass is 10.1. The monoisotopic (exact) mass is 300 g/mol. The Bertz CT molecular complexity index is 540. The molecule has 1 atom stereocenters. The van der Waals surface area contributed by atoms with Crippen LogP contribution in [-0.2, 0) is 14.8 Å². The Morgan fingerprint density at radius 1 is 1.35 bits per heavy atom. The molecule has 0 aliphatic heterocycles. The van der Waals surface area contributed by atoms with Crippen LogP contribution in [0.2, 0.25) is 0 Å². The number of anilines is 1. The van der Waals surface area contributed by atoms with Gasteiger partial charge in [0.15, 0.2) is 0 Å². The summed E-state index contributed by atoms with van der Waals surface area (Å²) in [6, 6.07) is 5.56. The molecule has 112 valence electrons. The number of benzene rings is 1. The predicted molar refractivity (Wildman–Crippen MR) is 76.9 cm³/mol. The van der Waals surface area contributed by atoms with Gasteiger partial charge in [0.25, 0.3) is 0 Å². The van der Waals surface area contributed by atoms with Gasteiger partial charge in [-0.15, -0.1) is 0 Å². The maximum atomic E-state index is 11.5. The van der Waals surface area contributed by atoms with Crippen molar-refractivity contribution in [1.29, 1.82) is 0 Å². The molecule has 1 rings (SSSR count). The van der Waals surface area contributed by atoms with Crippen molar-refractivity contribution < 1.29 is 17.9 Å². The largest absolute Gasteiger partial charge is 0.449 e. The predicted octanol–water partition coefficient (Wildman–Crippen LogP) is 2.32. The summed E-state index contributed by atoms with van der Waals surface area (Å²) < 4.78 is 27.2. The Hall–Kier alpha value is -1.60. The lowest BCUT2D eigenvalue weighted by Crippen LogP contribution is -2.16. The molecule has 0 aliphatic rings. The molecule has 7 heteroatoms. The highest BCUT2D eigenvalue weighted by Gasteiger charge is 2.08. The molecule has 0 spiro atoms. The number of sulfonamides is 1. The van der Waals surface area contributed by atoms with Crippen LogP contribution < -0.4 is 10.5 Å². The molecular weight excluding hydrogens is 280 g/mol. The molecule has 0 saturated carbocycles. The summed E-state index contributed by atoms with van der Waals surface area (Å²) in [5.74, 6) is 0.511.